The summed E-state index contributed by atoms with van der Waals surface area (Å²) >= 11 is 0. The van der Waals surface area contributed by atoms with Gasteiger partial charge in [0.2, 0.25) is 0 Å². The normalized spacial score (nSPS) is 17.6. The molecule has 5 rings (SSSR count). The van der Waals surface area contributed by atoms with Crippen molar-refractivity contribution in [2.24, 2.45) is 0 Å². The van der Waals surface area contributed by atoms with Gasteiger partial charge in [-0.25, -0.2) is 5.10 Å². The summed E-state index contributed by atoms with van der Waals surface area (Å²) in [5.74, 6) is -0.764. The minimum atomic E-state index is -0.764. The lowest BCUT2D eigenvalue weighted by molar-refractivity contribution is -0.142. The van der Waals surface area contributed by atoms with Gasteiger partial charge < -0.3 is 10.1 Å². The molecule has 1 aliphatic heterocycles. The van der Waals surface area contributed by atoms with Crippen LogP contribution in [-0.4, -0.2) is 48.7 Å². The number of hydrogen-bond acceptors (Lipinski definition) is 5. The lowest BCUT2D eigenvalue weighted by Gasteiger charge is -2.28. The maximum absolute atomic E-state index is 12.5. The van der Waals surface area contributed by atoms with Crippen LogP contribution in [0.2, 0.25) is 0 Å². The third-order valence-corrected chi connectivity index (χ3v) is 6.28. The van der Waals surface area contributed by atoms with E-state index in [-0.39, 0.29) is 11.6 Å². The molecule has 1 unspecified atom stereocenters. The zero-order valence-corrected chi connectivity index (χ0v) is 17.6. The number of aliphatic carboxylic acids is 1. The van der Waals surface area contributed by atoms with Gasteiger partial charge in [0, 0.05) is 34.9 Å². The van der Waals surface area contributed by atoms with Gasteiger partial charge in [-0.1, -0.05) is 12.1 Å². The molecule has 0 spiro atoms. The number of fused-ring (bicyclic) bond motifs is 1. The van der Waals surface area contributed by atoms with E-state index in [0.29, 0.717) is 23.4 Å². The van der Waals surface area contributed by atoms with Gasteiger partial charge >= 0.3 is 5.97 Å². The number of aromatic amines is 2. The Bertz CT molecular complexity index is 1340. The molecule has 0 amide bonds. The first-order valence-corrected chi connectivity index (χ1v) is 10.6. The minimum absolute atomic E-state index is 0.0163. The third kappa shape index (κ3) is 3.58. The van der Waals surface area contributed by atoms with Crippen LogP contribution in [0.25, 0.3) is 33.4 Å². The highest BCUT2D eigenvalue weighted by atomic mass is 16.4. The van der Waals surface area contributed by atoms with Crippen LogP contribution in [0.1, 0.15) is 31.4 Å². The van der Waals surface area contributed by atoms with Crippen molar-refractivity contribution in [3.05, 3.63) is 70.8 Å². The zero-order chi connectivity index (χ0) is 22.2. The molecule has 1 aliphatic rings. The van der Waals surface area contributed by atoms with Gasteiger partial charge in [-0.2, -0.15) is 5.10 Å². The van der Waals surface area contributed by atoms with E-state index < -0.39 is 12.0 Å². The highest BCUT2D eigenvalue weighted by Gasteiger charge is 2.34. The van der Waals surface area contributed by atoms with Crippen LogP contribution in [0.4, 0.5) is 0 Å². The Hall–Kier alpha value is -3.78. The van der Waals surface area contributed by atoms with E-state index in [1.807, 2.05) is 48.2 Å². The first-order valence-electron chi connectivity index (χ1n) is 10.6. The number of pyridine rings is 1. The van der Waals surface area contributed by atoms with Crippen molar-refractivity contribution in [3.8, 4) is 22.5 Å². The second-order valence-corrected chi connectivity index (χ2v) is 8.17. The van der Waals surface area contributed by atoms with Gasteiger partial charge in [0.1, 0.15) is 6.04 Å². The number of aromatic nitrogens is 4. The standard InChI is InChI=1S/C24H23N5O3/c1-14(29-10-2-3-22(29)24(31)32)16-4-5-17-12-21(26-19(17)11-16)18-13-20(27-28-23(18)30)15-6-8-25-9-7-15/h4-9,11-14,22,26H,2-3,10H2,1H3,(H,28,30)(H,31,32)/t14?,22-/m0/s1. The Kier molecular flexibility index (Phi) is 5.07. The molecule has 0 radical (unpaired) electrons. The number of carboxylic acids is 1. The quantitative estimate of drug-likeness (QED) is 0.447. The number of rotatable bonds is 5. The lowest BCUT2D eigenvalue weighted by atomic mass is 10.0. The Labute approximate surface area is 183 Å². The fraction of sp³-hybridized carbons (Fsp3) is 0.250. The summed E-state index contributed by atoms with van der Waals surface area (Å²) in [7, 11) is 0. The predicted molar refractivity (Wildman–Crippen MR) is 121 cm³/mol. The van der Waals surface area contributed by atoms with E-state index in [1.54, 1.807) is 18.5 Å². The molecule has 162 valence electrons. The van der Waals surface area contributed by atoms with Crippen molar-refractivity contribution in [3.63, 3.8) is 0 Å². The second-order valence-electron chi connectivity index (χ2n) is 8.17. The summed E-state index contributed by atoms with van der Waals surface area (Å²) in [6.07, 6.45) is 4.94. The van der Waals surface area contributed by atoms with Gasteiger partial charge in [0.05, 0.1) is 17.0 Å². The molecule has 1 aromatic carbocycles. The summed E-state index contributed by atoms with van der Waals surface area (Å²) in [4.78, 5) is 33.5. The molecule has 4 aromatic rings. The molecule has 3 N–H and O–H groups in total. The summed E-state index contributed by atoms with van der Waals surface area (Å²) < 4.78 is 0. The van der Waals surface area contributed by atoms with Gasteiger partial charge in [-0.3, -0.25) is 19.5 Å². The van der Waals surface area contributed by atoms with Crippen LogP contribution in [0, 0.1) is 0 Å². The maximum atomic E-state index is 12.5. The monoisotopic (exact) mass is 429 g/mol. The molecular weight excluding hydrogens is 406 g/mol. The molecule has 8 heteroatoms. The second kappa shape index (κ2) is 8.05. The molecule has 0 bridgehead atoms. The van der Waals surface area contributed by atoms with Gasteiger partial charge in [0.25, 0.3) is 5.56 Å². The molecule has 3 aromatic heterocycles. The fourth-order valence-corrected chi connectivity index (χ4v) is 4.54. The van der Waals surface area contributed by atoms with E-state index in [2.05, 4.69) is 20.2 Å². The van der Waals surface area contributed by atoms with Crippen LogP contribution in [0.3, 0.4) is 0 Å². The van der Waals surface area contributed by atoms with Crippen molar-refractivity contribution in [2.45, 2.75) is 31.8 Å². The van der Waals surface area contributed by atoms with Gasteiger partial charge in [0.15, 0.2) is 0 Å². The minimum Gasteiger partial charge on any atom is -0.480 e. The maximum Gasteiger partial charge on any atom is 0.320 e. The van der Waals surface area contributed by atoms with Crippen molar-refractivity contribution in [1.82, 2.24) is 25.1 Å². The number of likely N-dealkylation sites (tertiary alicyclic amines) is 1. The predicted octanol–water partition coefficient (Wildman–Crippen LogP) is 3.59. The molecule has 4 heterocycles. The smallest absolute Gasteiger partial charge is 0.320 e. The third-order valence-electron chi connectivity index (χ3n) is 6.28. The Balaban J connectivity index is 1.50. The first kappa shape index (κ1) is 20.1. The van der Waals surface area contributed by atoms with Gasteiger partial charge in [-0.05, 0) is 62.2 Å². The van der Waals surface area contributed by atoms with E-state index in [0.717, 1.165) is 35.0 Å². The molecule has 1 fully saturated rings. The molecule has 32 heavy (non-hydrogen) atoms. The number of carboxylic acid groups (broad SMARTS) is 1. The molecule has 2 atom stereocenters. The average molecular weight is 429 g/mol. The van der Waals surface area contributed by atoms with E-state index in [9.17, 15) is 14.7 Å². The molecule has 1 saturated heterocycles. The van der Waals surface area contributed by atoms with E-state index in [4.69, 9.17) is 0 Å². The molecular formula is C24H23N5O3. The Morgan fingerprint density at radius 2 is 2.00 bits per heavy atom. The van der Waals surface area contributed by atoms with Gasteiger partial charge in [-0.15, -0.1) is 0 Å². The fourth-order valence-electron chi connectivity index (χ4n) is 4.54. The van der Waals surface area contributed by atoms with Crippen molar-refractivity contribution in [2.75, 3.05) is 6.54 Å². The van der Waals surface area contributed by atoms with Crippen LogP contribution >= 0.6 is 0 Å². The van der Waals surface area contributed by atoms with E-state index >= 15 is 0 Å². The zero-order valence-electron chi connectivity index (χ0n) is 17.6. The Morgan fingerprint density at radius 1 is 1.19 bits per heavy atom. The van der Waals surface area contributed by atoms with E-state index in [1.165, 1.54) is 0 Å². The summed E-state index contributed by atoms with van der Waals surface area (Å²) in [5.41, 5.74) is 4.39. The largest absolute Gasteiger partial charge is 0.480 e. The summed E-state index contributed by atoms with van der Waals surface area (Å²) in [6.45, 7) is 2.82. The lowest BCUT2D eigenvalue weighted by Crippen LogP contribution is -2.37. The number of nitrogens with zero attached hydrogens (tertiary/aromatic N) is 3. The SMILES string of the molecule is CC(c1ccc2cc(-c3cc(-c4ccncc4)n[nH]c3=O)[nH]c2c1)N1CCC[C@H]1C(=O)O. The number of H-pyrrole nitrogens is 2. The topological polar surface area (TPSA) is 115 Å². The Morgan fingerprint density at radius 3 is 2.78 bits per heavy atom. The van der Waals surface area contributed by atoms with Crippen molar-refractivity contribution < 1.29 is 9.90 Å². The molecule has 8 nitrogen and oxygen atoms in total. The molecule has 0 saturated carbocycles. The molecule has 0 aliphatic carbocycles. The highest BCUT2D eigenvalue weighted by Crippen LogP contribution is 2.32. The van der Waals surface area contributed by atoms with Crippen molar-refractivity contribution >= 4 is 16.9 Å². The first-order chi connectivity index (χ1) is 15.5. The van der Waals surface area contributed by atoms with Crippen LogP contribution < -0.4 is 5.56 Å². The average Bonchev–Trinajstić information content (AvgIpc) is 3.46. The number of hydrogen-bond donors (Lipinski definition) is 3. The van der Waals surface area contributed by atoms with Crippen LogP contribution in [0.5, 0.6) is 0 Å². The van der Waals surface area contributed by atoms with Crippen molar-refractivity contribution in [1.29, 1.82) is 0 Å². The number of benzene rings is 1. The summed E-state index contributed by atoms with van der Waals surface area (Å²) in [5, 5.41) is 17.2. The summed E-state index contributed by atoms with van der Waals surface area (Å²) in [6, 6.07) is 13.0. The number of carbonyl (C=O) groups is 1. The van der Waals surface area contributed by atoms with Crippen LogP contribution in [0.15, 0.2) is 59.7 Å². The highest BCUT2D eigenvalue weighted by molar-refractivity contribution is 5.86. The number of nitrogens with one attached hydrogen (secondary N) is 2. The van der Waals surface area contributed by atoms with Crippen LogP contribution in [-0.2, 0) is 4.79 Å².